The van der Waals surface area contributed by atoms with Crippen LogP contribution >= 0.6 is 23.2 Å². The van der Waals surface area contributed by atoms with Crippen molar-refractivity contribution in [2.24, 2.45) is 10.9 Å². The molecule has 0 saturated heterocycles. The number of rotatable bonds is 5. The van der Waals surface area contributed by atoms with Gasteiger partial charge in [0.25, 0.3) is 0 Å². The molecule has 1 aromatic heterocycles. The first-order valence-electron chi connectivity index (χ1n) is 6.31. The number of nitrogens with two attached hydrogens (primary N) is 1. The van der Waals surface area contributed by atoms with E-state index in [9.17, 15) is 21.6 Å². The summed E-state index contributed by atoms with van der Waals surface area (Å²) in [4.78, 5) is -0.434. The highest BCUT2D eigenvalue weighted by Crippen LogP contribution is 2.30. The topological polar surface area (TPSA) is 99.6 Å². The van der Waals surface area contributed by atoms with Crippen LogP contribution in [0.5, 0.6) is 0 Å². The third kappa shape index (κ3) is 4.77. The van der Waals surface area contributed by atoms with Crippen LogP contribution in [0.4, 0.5) is 13.2 Å². The Bertz CT molecular complexity index is 913. The van der Waals surface area contributed by atoms with Gasteiger partial charge in [-0.1, -0.05) is 34.4 Å². The Morgan fingerprint density at radius 3 is 2.60 bits per heavy atom. The van der Waals surface area contributed by atoms with E-state index in [1.807, 2.05) is 0 Å². The van der Waals surface area contributed by atoms with Crippen molar-refractivity contribution in [3.63, 3.8) is 0 Å². The lowest BCUT2D eigenvalue weighted by Crippen LogP contribution is -2.21. The summed E-state index contributed by atoms with van der Waals surface area (Å²) < 4.78 is 66.5. The summed E-state index contributed by atoms with van der Waals surface area (Å²) in [5.74, 6) is -0.432. The van der Waals surface area contributed by atoms with Gasteiger partial charge < -0.3 is 5.73 Å². The van der Waals surface area contributed by atoms with E-state index in [0.717, 1.165) is 23.0 Å². The van der Waals surface area contributed by atoms with Crippen molar-refractivity contribution in [3.8, 4) is 0 Å². The smallest absolute Gasteiger partial charge is 0.383 e. The number of nitrogens with zero attached hydrogens (tertiary/aromatic N) is 3. The quantitative estimate of drug-likeness (QED) is 0.458. The van der Waals surface area contributed by atoms with E-state index in [4.69, 9.17) is 28.9 Å². The van der Waals surface area contributed by atoms with Crippen LogP contribution in [0, 0.1) is 0 Å². The van der Waals surface area contributed by atoms with Gasteiger partial charge in [0.1, 0.15) is 11.4 Å². The fourth-order valence-electron chi connectivity index (χ4n) is 1.61. The molecule has 0 atom stereocenters. The lowest BCUT2D eigenvalue weighted by atomic mass is 10.4. The monoisotopic (exact) mass is 416 g/mol. The van der Waals surface area contributed by atoms with Crippen LogP contribution in [-0.4, -0.2) is 24.0 Å². The molecule has 25 heavy (non-hydrogen) atoms. The molecule has 0 spiro atoms. The van der Waals surface area contributed by atoms with Gasteiger partial charge in [-0.15, -0.1) is 0 Å². The van der Waals surface area contributed by atoms with Crippen molar-refractivity contribution in [1.29, 1.82) is 0 Å². The summed E-state index contributed by atoms with van der Waals surface area (Å²) >= 11 is 11.5. The molecule has 1 aromatic carbocycles. The van der Waals surface area contributed by atoms with Crippen molar-refractivity contribution < 1.29 is 25.9 Å². The molecule has 136 valence electrons. The van der Waals surface area contributed by atoms with Gasteiger partial charge in [0, 0.05) is 6.20 Å². The molecule has 0 aliphatic carbocycles. The summed E-state index contributed by atoms with van der Waals surface area (Å²) in [6, 6.07) is 4.57. The molecule has 0 radical (unpaired) electrons. The van der Waals surface area contributed by atoms with E-state index in [1.54, 1.807) is 0 Å². The second kappa shape index (κ2) is 7.10. The molecular formula is C12H9Cl2F3N4O3S. The lowest BCUT2D eigenvalue weighted by Gasteiger charge is -2.06. The van der Waals surface area contributed by atoms with Crippen molar-refractivity contribution >= 4 is 39.2 Å². The van der Waals surface area contributed by atoms with E-state index in [2.05, 4.69) is 14.5 Å². The molecule has 2 N–H and O–H groups in total. The Kier molecular flexibility index (Phi) is 5.49. The third-order valence-corrected chi connectivity index (χ3v) is 4.77. The zero-order valence-electron chi connectivity index (χ0n) is 12.0. The average Bonchev–Trinajstić information content (AvgIpc) is 2.96. The normalized spacial score (nSPS) is 13.1. The molecule has 0 unspecified atom stereocenters. The van der Waals surface area contributed by atoms with E-state index < -0.39 is 39.3 Å². The van der Waals surface area contributed by atoms with Crippen molar-refractivity contribution in [2.45, 2.75) is 17.6 Å². The highest BCUT2D eigenvalue weighted by Gasteiger charge is 2.33. The fraction of sp³-hybridized carbons (Fsp3) is 0.167. The molecule has 2 aromatic rings. The van der Waals surface area contributed by atoms with Crippen molar-refractivity contribution in [1.82, 2.24) is 9.78 Å². The fourth-order valence-corrected chi connectivity index (χ4v) is 3.10. The molecule has 0 amide bonds. The third-order valence-electron chi connectivity index (χ3n) is 2.69. The van der Waals surface area contributed by atoms with Gasteiger partial charge in [-0.3, -0.25) is 8.97 Å². The molecule has 13 heteroatoms. The number of hydrogen-bond acceptors (Lipinski definition) is 5. The van der Waals surface area contributed by atoms with E-state index in [0.29, 0.717) is 0 Å². The molecule has 0 aliphatic heterocycles. The molecule has 7 nitrogen and oxygen atoms in total. The SMILES string of the molecule is N/C(Cn1ccc(C(F)(F)F)n1)=N/OS(=O)(=O)c1cccc(Cl)c1Cl. The minimum Gasteiger partial charge on any atom is -0.383 e. The number of aromatic nitrogens is 2. The maximum atomic E-state index is 12.4. The first kappa shape index (κ1) is 19.3. The van der Waals surface area contributed by atoms with Crippen molar-refractivity contribution in [3.05, 3.63) is 46.2 Å². The summed E-state index contributed by atoms with van der Waals surface area (Å²) in [6.45, 7) is -0.422. The molecular weight excluding hydrogens is 408 g/mol. The molecule has 0 aliphatic rings. The second-order valence-corrected chi connectivity index (χ2v) is 6.84. The zero-order valence-corrected chi connectivity index (χ0v) is 14.4. The van der Waals surface area contributed by atoms with Gasteiger partial charge in [-0.25, -0.2) is 0 Å². The van der Waals surface area contributed by atoms with Gasteiger partial charge in [0.05, 0.1) is 10.0 Å². The van der Waals surface area contributed by atoms with Gasteiger partial charge >= 0.3 is 16.3 Å². The first-order chi connectivity index (χ1) is 11.5. The molecule has 1 heterocycles. The molecule has 0 fully saturated rings. The maximum absolute atomic E-state index is 12.4. The average molecular weight is 417 g/mol. The summed E-state index contributed by atoms with van der Waals surface area (Å²) in [7, 11) is -4.41. The van der Waals surface area contributed by atoms with Crippen LogP contribution in [0.2, 0.25) is 10.0 Å². The number of halogens is 5. The van der Waals surface area contributed by atoms with Gasteiger partial charge in [0.2, 0.25) is 0 Å². The van der Waals surface area contributed by atoms with Crippen molar-refractivity contribution in [2.75, 3.05) is 0 Å². The Balaban J connectivity index is 2.12. The standard InChI is InChI=1S/C12H9Cl2F3N4O3S/c13-7-2-1-3-8(11(7)14)25(22,23)24-20-10(18)6-21-5-4-9(19-21)12(15,16)17/h1-5H,6H2,(H2,18,20). The number of alkyl halides is 3. The Hall–Kier alpha value is -1.98. The summed E-state index contributed by atoms with van der Waals surface area (Å²) in [5.41, 5.74) is 4.31. The van der Waals surface area contributed by atoms with Gasteiger partial charge in [-0.05, 0) is 18.2 Å². The van der Waals surface area contributed by atoms with Crippen LogP contribution < -0.4 is 5.73 Å². The summed E-state index contributed by atoms with van der Waals surface area (Å²) in [6.07, 6.45) is -3.60. The van der Waals surface area contributed by atoms with Gasteiger partial charge in [0.15, 0.2) is 11.5 Å². The minimum atomic E-state index is -4.61. The second-order valence-electron chi connectivity index (χ2n) is 4.56. The zero-order chi connectivity index (χ0) is 18.8. The van der Waals surface area contributed by atoms with E-state index in [1.165, 1.54) is 12.1 Å². The van der Waals surface area contributed by atoms with Crippen LogP contribution in [0.3, 0.4) is 0 Å². The van der Waals surface area contributed by atoms with Crippen LogP contribution in [-0.2, 0) is 27.1 Å². The maximum Gasteiger partial charge on any atom is 0.435 e. The number of benzene rings is 1. The highest BCUT2D eigenvalue weighted by molar-refractivity contribution is 7.86. The largest absolute Gasteiger partial charge is 0.435 e. The lowest BCUT2D eigenvalue weighted by molar-refractivity contribution is -0.141. The predicted octanol–water partition coefficient (Wildman–Crippen LogP) is 2.89. The number of amidine groups is 1. The summed E-state index contributed by atoms with van der Waals surface area (Å²) in [5, 5.41) is 6.13. The molecule has 2 rings (SSSR count). The van der Waals surface area contributed by atoms with Crippen LogP contribution in [0.15, 0.2) is 40.5 Å². The van der Waals surface area contributed by atoms with E-state index >= 15 is 0 Å². The Labute approximate surface area is 149 Å². The molecule has 0 saturated carbocycles. The Morgan fingerprint density at radius 2 is 2.00 bits per heavy atom. The van der Waals surface area contributed by atoms with E-state index in [-0.39, 0.29) is 10.0 Å². The highest BCUT2D eigenvalue weighted by atomic mass is 35.5. The number of hydrogen-bond donors (Lipinski definition) is 1. The first-order valence-corrected chi connectivity index (χ1v) is 8.48. The minimum absolute atomic E-state index is 0.0143. The van der Waals surface area contributed by atoms with Gasteiger partial charge in [-0.2, -0.15) is 26.7 Å². The predicted molar refractivity (Wildman–Crippen MR) is 83.6 cm³/mol. The van der Waals surface area contributed by atoms with Crippen LogP contribution in [0.1, 0.15) is 5.69 Å². The molecule has 0 bridgehead atoms. The van der Waals surface area contributed by atoms with Crippen LogP contribution in [0.25, 0.3) is 0 Å². The Morgan fingerprint density at radius 1 is 1.32 bits per heavy atom. The number of oxime groups is 1.